The molecular formula is C16H25NO. The monoisotopic (exact) mass is 247 g/mol. The molecule has 0 amide bonds. The lowest BCUT2D eigenvalue weighted by atomic mass is 9.97. The molecule has 1 aromatic rings. The molecule has 2 heteroatoms. The number of ether oxygens (including phenoxy) is 1. The van der Waals surface area contributed by atoms with E-state index in [0.29, 0.717) is 6.04 Å². The summed E-state index contributed by atoms with van der Waals surface area (Å²) in [7, 11) is 1.74. The number of nitrogens with one attached hydrogen (secondary N) is 1. The van der Waals surface area contributed by atoms with Crippen LogP contribution in [0.5, 0.6) is 5.75 Å². The number of benzene rings is 1. The second-order valence-electron chi connectivity index (χ2n) is 5.54. The van der Waals surface area contributed by atoms with Gasteiger partial charge in [0.25, 0.3) is 0 Å². The zero-order chi connectivity index (χ0) is 13.0. The van der Waals surface area contributed by atoms with E-state index < -0.39 is 0 Å². The van der Waals surface area contributed by atoms with Gasteiger partial charge in [0.2, 0.25) is 0 Å². The summed E-state index contributed by atoms with van der Waals surface area (Å²) in [5.74, 6) is 2.71. The van der Waals surface area contributed by atoms with Crippen LogP contribution in [-0.2, 0) is 0 Å². The number of rotatable bonds is 5. The summed E-state index contributed by atoms with van der Waals surface area (Å²) in [5.41, 5.74) is 1.26. The predicted molar refractivity (Wildman–Crippen MR) is 75.9 cm³/mol. The normalized spacial score (nSPS) is 25.1. The van der Waals surface area contributed by atoms with Gasteiger partial charge >= 0.3 is 0 Å². The fraction of sp³-hybridized carbons (Fsp3) is 0.625. The largest absolute Gasteiger partial charge is 0.496 e. The molecule has 1 aliphatic carbocycles. The summed E-state index contributed by atoms with van der Waals surface area (Å²) >= 11 is 0. The summed E-state index contributed by atoms with van der Waals surface area (Å²) in [4.78, 5) is 0. The Morgan fingerprint density at radius 2 is 2.11 bits per heavy atom. The molecule has 1 aromatic carbocycles. The minimum absolute atomic E-state index is 0.356. The highest BCUT2D eigenvalue weighted by Crippen LogP contribution is 2.31. The van der Waals surface area contributed by atoms with E-state index in [1.54, 1.807) is 7.11 Å². The summed E-state index contributed by atoms with van der Waals surface area (Å²) < 4.78 is 5.42. The van der Waals surface area contributed by atoms with Crippen LogP contribution >= 0.6 is 0 Å². The molecule has 1 saturated carbocycles. The van der Waals surface area contributed by atoms with E-state index in [9.17, 15) is 0 Å². The number of hydrogen-bond acceptors (Lipinski definition) is 2. The van der Waals surface area contributed by atoms with Gasteiger partial charge < -0.3 is 10.1 Å². The van der Waals surface area contributed by atoms with Crippen molar-refractivity contribution in [1.29, 1.82) is 0 Å². The Morgan fingerprint density at radius 1 is 1.33 bits per heavy atom. The van der Waals surface area contributed by atoms with Gasteiger partial charge in [0, 0.05) is 11.6 Å². The van der Waals surface area contributed by atoms with Crippen molar-refractivity contribution in [2.45, 2.75) is 39.2 Å². The van der Waals surface area contributed by atoms with Crippen molar-refractivity contribution in [3.8, 4) is 5.75 Å². The molecule has 0 saturated heterocycles. The van der Waals surface area contributed by atoms with Crippen molar-refractivity contribution in [3.63, 3.8) is 0 Å². The van der Waals surface area contributed by atoms with Gasteiger partial charge in [-0.15, -0.1) is 0 Å². The van der Waals surface area contributed by atoms with Gasteiger partial charge in [-0.05, 0) is 37.8 Å². The third-order valence-corrected chi connectivity index (χ3v) is 4.33. The Bertz CT molecular complexity index is 377. The minimum atomic E-state index is 0.356. The topological polar surface area (TPSA) is 21.3 Å². The summed E-state index contributed by atoms with van der Waals surface area (Å²) in [5, 5.41) is 3.67. The van der Waals surface area contributed by atoms with Gasteiger partial charge in [0.15, 0.2) is 0 Å². The van der Waals surface area contributed by atoms with Crippen molar-refractivity contribution < 1.29 is 4.74 Å². The molecule has 2 rings (SSSR count). The molecule has 0 aromatic heterocycles. The standard InChI is InChI=1S/C16H25NO/c1-12-7-6-8-14(12)11-17-13(2)15-9-4-5-10-16(15)18-3/h4-5,9-10,12-14,17H,6-8,11H2,1-3H3. The van der Waals surface area contributed by atoms with Crippen LogP contribution in [0.25, 0.3) is 0 Å². The van der Waals surface area contributed by atoms with Gasteiger partial charge in [-0.2, -0.15) is 0 Å². The van der Waals surface area contributed by atoms with Crippen LogP contribution in [0.3, 0.4) is 0 Å². The average molecular weight is 247 g/mol. The molecule has 3 unspecified atom stereocenters. The van der Waals surface area contributed by atoms with Gasteiger partial charge in [-0.3, -0.25) is 0 Å². The third-order valence-electron chi connectivity index (χ3n) is 4.33. The number of hydrogen-bond donors (Lipinski definition) is 1. The highest BCUT2D eigenvalue weighted by atomic mass is 16.5. The number of para-hydroxylation sites is 1. The van der Waals surface area contributed by atoms with E-state index in [1.807, 2.05) is 12.1 Å². The lowest BCUT2D eigenvalue weighted by molar-refractivity contribution is 0.365. The third kappa shape index (κ3) is 3.05. The van der Waals surface area contributed by atoms with Crippen LogP contribution in [0, 0.1) is 11.8 Å². The molecule has 0 radical (unpaired) electrons. The molecular weight excluding hydrogens is 222 g/mol. The first kappa shape index (κ1) is 13.4. The van der Waals surface area contributed by atoms with E-state index in [0.717, 1.165) is 24.1 Å². The Hall–Kier alpha value is -1.02. The second-order valence-corrected chi connectivity index (χ2v) is 5.54. The maximum atomic E-state index is 5.42. The molecule has 3 atom stereocenters. The Morgan fingerprint density at radius 3 is 2.78 bits per heavy atom. The minimum Gasteiger partial charge on any atom is -0.496 e. The van der Waals surface area contributed by atoms with Gasteiger partial charge in [-0.25, -0.2) is 0 Å². The molecule has 1 aliphatic rings. The first-order valence-electron chi connectivity index (χ1n) is 7.08. The summed E-state index contributed by atoms with van der Waals surface area (Å²) in [6.07, 6.45) is 4.18. The summed E-state index contributed by atoms with van der Waals surface area (Å²) in [6.45, 7) is 5.73. The van der Waals surface area contributed by atoms with Crippen molar-refractivity contribution in [3.05, 3.63) is 29.8 Å². The van der Waals surface area contributed by atoms with Gasteiger partial charge in [-0.1, -0.05) is 38.0 Å². The highest BCUT2D eigenvalue weighted by molar-refractivity contribution is 5.35. The lowest BCUT2D eigenvalue weighted by Crippen LogP contribution is -2.27. The van der Waals surface area contributed by atoms with Gasteiger partial charge in [0.05, 0.1) is 7.11 Å². The molecule has 18 heavy (non-hydrogen) atoms. The first-order chi connectivity index (χ1) is 8.72. The van der Waals surface area contributed by atoms with Gasteiger partial charge in [0.1, 0.15) is 5.75 Å². The second kappa shape index (κ2) is 6.24. The maximum absolute atomic E-state index is 5.42. The van der Waals surface area contributed by atoms with Crippen LogP contribution in [0.4, 0.5) is 0 Å². The Balaban J connectivity index is 1.92. The smallest absolute Gasteiger partial charge is 0.123 e. The van der Waals surface area contributed by atoms with Crippen molar-refractivity contribution in [2.24, 2.45) is 11.8 Å². The van der Waals surface area contributed by atoms with Crippen LogP contribution < -0.4 is 10.1 Å². The van der Waals surface area contributed by atoms with E-state index in [2.05, 4.69) is 31.3 Å². The van der Waals surface area contributed by atoms with Crippen LogP contribution in [0.1, 0.15) is 44.7 Å². The SMILES string of the molecule is COc1ccccc1C(C)NCC1CCCC1C. The molecule has 0 heterocycles. The fourth-order valence-electron chi connectivity index (χ4n) is 2.99. The first-order valence-corrected chi connectivity index (χ1v) is 7.08. The lowest BCUT2D eigenvalue weighted by Gasteiger charge is -2.21. The molecule has 2 nitrogen and oxygen atoms in total. The van der Waals surface area contributed by atoms with Crippen molar-refractivity contribution in [1.82, 2.24) is 5.32 Å². The predicted octanol–water partition coefficient (Wildman–Crippen LogP) is 3.78. The summed E-state index contributed by atoms with van der Waals surface area (Å²) in [6, 6.07) is 8.64. The fourth-order valence-corrected chi connectivity index (χ4v) is 2.99. The zero-order valence-electron chi connectivity index (χ0n) is 11.8. The molecule has 0 aliphatic heterocycles. The molecule has 1 fully saturated rings. The molecule has 0 spiro atoms. The van der Waals surface area contributed by atoms with Crippen LogP contribution in [0.15, 0.2) is 24.3 Å². The zero-order valence-corrected chi connectivity index (χ0v) is 11.8. The van der Waals surface area contributed by atoms with Crippen LogP contribution in [0.2, 0.25) is 0 Å². The van der Waals surface area contributed by atoms with E-state index in [4.69, 9.17) is 4.74 Å². The molecule has 0 bridgehead atoms. The van der Waals surface area contributed by atoms with E-state index >= 15 is 0 Å². The molecule has 100 valence electrons. The molecule has 1 N–H and O–H groups in total. The van der Waals surface area contributed by atoms with E-state index in [-0.39, 0.29) is 0 Å². The Kier molecular flexibility index (Phi) is 4.65. The van der Waals surface area contributed by atoms with Crippen LogP contribution in [-0.4, -0.2) is 13.7 Å². The quantitative estimate of drug-likeness (QED) is 0.855. The average Bonchev–Trinajstić information content (AvgIpc) is 2.81. The van der Waals surface area contributed by atoms with Crippen molar-refractivity contribution in [2.75, 3.05) is 13.7 Å². The highest BCUT2D eigenvalue weighted by Gasteiger charge is 2.23. The van der Waals surface area contributed by atoms with Crippen molar-refractivity contribution >= 4 is 0 Å². The Labute approximate surface area is 111 Å². The number of methoxy groups -OCH3 is 1. The maximum Gasteiger partial charge on any atom is 0.123 e. The van der Waals surface area contributed by atoms with E-state index in [1.165, 1.54) is 24.8 Å².